The highest BCUT2D eigenvalue weighted by atomic mass is 16.5. The maximum Gasteiger partial charge on any atom is 0.271 e. The summed E-state index contributed by atoms with van der Waals surface area (Å²) in [6.07, 6.45) is 2.65. The van der Waals surface area contributed by atoms with Crippen molar-refractivity contribution in [3.63, 3.8) is 0 Å². The van der Waals surface area contributed by atoms with E-state index in [2.05, 4.69) is 6.92 Å². The molecule has 26 heavy (non-hydrogen) atoms. The fourth-order valence-corrected chi connectivity index (χ4v) is 3.62. The van der Waals surface area contributed by atoms with Gasteiger partial charge in [-0.25, -0.2) is 0 Å². The standard InChI is InChI=1S/C20H27N3O3/c1-5-6-7-16-19(24)21(2)10-11-23(16)20(25)18-12-14-8-9-15(26-4)13-17(14)22(18)3/h8-9,12-13,16H,5-7,10-11H2,1-4H3. The summed E-state index contributed by atoms with van der Waals surface area (Å²) in [5.41, 5.74) is 1.55. The molecule has 1 aliphatic heterocycles. The van der Waals surface area contributed by atoms with E-state index in [4.69, 9.17) is 4.74 Å². The summed E-state index contributed by atoms with van der Waals surface area (Å²) in [4.78, 5) is 29.4. The number of carbonyl (C=O) groups excluding carboxylic acids is 2. The number of aryl methyl sites for hydroxylation is 1. The van der Waals surface area contributed by atoms with Gasteiger partial charge >= 0.3 is 0 Å². The van der Waals surface area contributed by atoms with Crippen LogP contribution in [-0.4, -0.2) is 59.5 Å². The lowest BCUT2D eigenvalue weighted by Gasteiger charge is -2.39. The van der Waals surface area contributed by atoms with Gasteiger partial charge in [-0.3, -0.25) is 9.59 Å². The van der Waals surface area contributed by atoms with Crippen molar-refractivity contribution in [2.75, 3.05) is 27.2 Å². The van der Waals surface area contributed by atoms with Gasteiger partial charge in [-0.1, -0.05) is 19.8 Å². The number of amides is 2. The summed E-state index contributed by atoms with van der Waals surface area (Å²) < 4.78 is 7.18. The Labute approximate surface area is 154 Å². The van der Waals surface area contributed by atoms with Crippen molar-refractivity contribution in [1.29, 1.82) is 0 Å². The van der Waals surface area contributed by atoms with Crippen molar-refractivity contribution in [3.8, 4) is 5.75 Å². The molecule has 1 atom stereocenters. The van der Waals surface area contributed by atoms with E-state index >= 15 is 0 Å². The Morgan fingerprint density at radius 2 is 2.00 bits per heavy atom. The van der Waals surface area contributed by atoms with Gasteiger partial charge in [0.2, 0.25) is 5.91 Å². The lowest BCUT2D eigenvalue weighted by Crippen LogP contribution is -2.57. The van der Waals surface area contributed by atoms with Crippen LogP contribution in [-0.2, 0) is 11.8 Å². The molecule has 1 fully saturated rings. The number of likely N-dealkylation sites (N-methyl/N-ethyl adjacent to an activating group) is 1. The van der Waals surface area contributed by atoms with Crippen molar-refractivity contribution in [2.24, 2.45) is 7.05 Å². The molecule has 0 spiro atoms. The predicted octanol–water partition coefficient (Wildman–Crippen LogP) is 2.66. The molecule has 1 saturated heterocycles. The Kier molecular flexibility index (Phi) is 5.20. The highest BCUT2D eigenvalue weighted by Gasteiger charge is 2.36. The minimum absolute atomic E-state index is 0.0403. The molecule has 2 heterocycles. The molecule has 140 valence electrons. The highest BCUT2D eigenvalue weighted by molar-refractivity contribution is 6.01. The van der Waals surface area contributed by atoms with Gasteiger partial charge in [-0.2, -0.15) is 0 Å². The second-order valence-electron chi connectivity index (χ2n) is 6.93. The predicted molar refractivity (Wildman–Crippen MR) is 101 cm³/mol. The number of nitrogens with zero attached hydrogens (tertiary/aromatic N) is 3. The second kappa shape index (κ2) is 7.40. The number of hydrogen-bond donors (Lipinski definition) is 0. The van der Waals surface area contributed by atoms with Gasteiger partial charge in [0, 0.05) is 38.6 Å². The average molecular weight is 357 g/mol. The summed E-state index contributed by atoms with van der Waals surface area (Å²) in [5.74, 6) is 0.719. The number of ether oxygens (including phenoxy) is 1. The van der Waals surface area contributed by atoms with E-state index in [0.717, 1.165) is 29.5 Å². The maximum absolute atomic E-state index is 13.3. The molecule has 1 unspecified atom stereocenters. The number of rotatable bonds is 5. The third-order valence-corrected chi connectivity index (χ3v) is 5.28. The van der Waals surface area contributed by atoms with Crippen molar-refractivity contribution < 1.29 is 14.3 Å². The lowest BCUT2D eigenvalue weighted by molar-refractivity contribution is -0.138. The zero-order valence-electron chi connectivity index (χ0n) is 16.0. The fraction of sp³-hybridized carbons (Fsp3) is 0.500. The Morgan fingerprint density at radius 1 is 1.23 bits per heavy atom. The number of aromatic nitrogens is 1. The molecule has 2 amide bonds. The van der Waals surface area contributed by atoms with Crippen LogP contribution in [0, 0.1) is 0 Å². The van der Waals surface area contributed by atoms with E-state index in [0.29, 0.717) is 25.2 Å². The van der Waals surface area contributed by atoms with Crippen molar-refractivity contribution >= 4 is 22.7 Å². The van der Waals surface area contributed by atoms with Crippen molar-refractivity contribution in [3.05, 3.63) is 30.0 Å². The fourth-order valence-electron chi connectivity index (χ4n) is 3.62. The van der Waals surface area contributed by atoms with E-state index in [1.54, 1.807) is 16.9 Å². The van der Waals surface area contributed by atoms with E-state index in [1.807, 2.05) is 42.9 Å². The number of benzene rings is 1. The first-order valence-electron chi connectivity index (χ1n) is 9.17. The quantitative estimate of drug-likeness (QED) is 0.827. The molecule has 6 nitrogen and oxygen atoms in total. The molecule has 1 aliphatic rings. The van der Waals surface area contributed by atoms with Crippen LogP contribution in [0.2, 0.25) is 0 Å². The van der Waals surface area contributed by atoms with E-state index in [-0.39, 0.29) is 17.9 Å². The Hall–Kier alpha value is -2.50. The zero-order chi connectivity index (χ0) is 18.8. The highest BCUT2D eigenvalue weighted by Crippen LogP contribution is 2.26. The molecular weight excluding hydrogens is 330 g/mol. The van der Waals surface area contributed by atoms with Crippen molar-refractivity contribution in [2.45, 2.75) is 32.2 Å². The Bertz CT molecular complexity index is 827. The summed E-state index contributed by atoms with van der Waals surface area (Å²) in [6, 6.07) is 7.30. The molecule has 3 rings (SSSR count). The average Bonchev–Trinajstić information content (AvgIpc) is 2.98. The lowest BCUT2D eigenvalue weighted by atomic mass is 10.0. The van der Waals surface area contributed by atoms with Crippen LogP contribution in [0.3, 0.4) is 0 Å². The summed E-state index contributed by atoms with van der Waals surface area (Å²) in [5, 5.41) is 0.988. The van der Waals surface area contributed by atoms with Gasteiger partial charge in [0.25, 0.3) is 5.91 Å². The molecule has 0 bridgehead atoms. The molecular formula is C20H27N3O3. The maximum atomic E-state index is 13.3. The number of unbranched alkanes of at least 4 members (excludes halogenated alkanes) is 1. The smallest absolute Gasteiger partial charge is 0.271 e. The molecule has 0 N–H and O–H groups in total. The molecule has 0 aliphatic carbocycles. The van der Waals surface area contributed by atoms with Gasteiger partial charge in [-0.15, -0.1) is 0 Å². The van der Waals surface area contributed by atoms with Crippen LogP contribution < -0.4 is 4.74 Å². The monoisotopic (exact) mass is 357 g/mol. The zero-order valence-corrected chi connectivity index (χ0v) is 16.0. The molecule has 6 heteroatoms. The molecule has 1 aromatic heterocycles. The van der Waals surface area contributed by atoms with Gasteiger partial charge in [-0.05, 0) is 24.6 Å². The van der Waals surface area contributed by atoms with Crippen LogP contribution in [0.5, 0.6) is 5.75 Å². The second-order valence-corrected chi connectivity index (χ2v) is 6.93. The Balaban J connectivity index is 1.95. The summed E-state index contributed by atoms with van der Waals surface area (Å²) >= 11 is 0. The van der Waals surface area contributed by atoms with E-state index in [9.17, 15) is 9.59 Å². The summed E-state index contributed by atoms with van der Waals surface area (Å²) in [6.45, 7) is 3.24. The van der Waals surface area contributed by atoms with Gasteiger partial charge in [0.1, 0.15) is 17.5 Å². The van der Waals surface area contributed by atoms with Crippen LogP contribution in [0.1, 0.15) is 36.7 Å². The van der Waals surface area contributed by atoms with Crippen molar-refractivity contribution in [1.82, 2.24) is 14.4 Å². The normalized spacial score (nSPS) is 17.8. The minimum atomic E-state index is -0.367. The Morgan fingerprint density at radius 3 is 2.69 bits per heavy atom. The third-order valence-electron chi connectivity index (χ3n) is 5.28. The number of fused-ring (bicyclic) bond motifs is 1. The molecule has 0 saturated carbocycles. The van der Waals surface area contributed by atoms with Crippen LogP contribution in [0.4, 0.5) is 0 Å². The first kappa shape index (κ1) is 18.3. The molecule has 0 radical (unpaired) electrons. The molecule has 1 aromatic carbocycles. The number of hydrogen-bond acceptors (Lipinski definition) is 3. The number of methoxy groups -OCH3 is 1. The van der Waals surface area contributed by atoms with Gasteiger partial charge in [0.05, 0.1) is 12.6 Å². The minimum Gasteiger partial charge on any atom is -0.497 e. The van der Waals surface area contributed by atoms with E-state index < -0.39 is 0 Å². The summed E-state index contributed by atoms with van der Waals surface area (Å²) in [7, 11) is 5.32. The van der Waals surface area contributed by atoms with Crippen LogP contribution >= 0.6 is 0 Å². The topological polar surface area (TPSA) is 54.8 Å². The number of carbonyl (C=O) groups is 2. The third kappa shape index (κ3) is 3.16. The van der Waals surface area contributed by atoms with Gasteiger partial charge < -0.3 is 19.1 Å². The first-order chi connectivity index (χ1) is 12.5. The van der Waals surface area contributed by atoms with Gasteiger partial charge in [0.15, 0.2) is 0 Å². The van der Waals surface area contributed by atoms with Crippen LogP contribution in [0.25, 0.3) is 10.9 Å². The largest absolute Gasteiger partial charge is 0.497 e. The van der Waals surface area contributed by atoms with Crippen LogP contribution in [0.15, 0.2) is 24.3 Å². The first-order valence-corrected chi connectivity index (χ1v) is 9.17. The molecule has 2 aromatic rings. The SMILES string of the molecule is CCCCC1C(=O)N(C)CCN1C(=O)c1cc2ccc(OC)cc2n1C. The number of piperazine rings is 1. The van der Waals surface area contributed by atoms with E-state index in [1.165, 1.54) is 0 Å².